The van der Waals surface area contributed by atoms with Crippen LogP contribution in [0.5, 0.6) is 0 Å². The molecule has 0 bridgehead atoms. The Bertz CT molecular complexity index is 173. The van der Waals surface area contributed by atoms with Crippen LogP contribution in [0.2, 0.25) is 0 Å². The van der Waals surface area contributed by atoms with Crippen LogP contribution in [-0.2, 0) is 14.3 Å². The largest absolute Gasteiger partial charge is 0.478 e. The molecule has 0 rings (SSSR count). The number of aliphatic hydroxyl groups is 1. The number of carboxylic acids is 1. The zero-order valence-electron chi connectivity index (χ0n) is 6.98. The maximum atomic E-state index is 10.3. The molecule has 2 N–H and O–H groups in total. The minimum absolute atomic E-state index is 0.358. The number of carboxylic acid groups (broad SMARTS) is 1. The second-order valence-electron chi connectivity index (χ2n) is 2.12. The van der Waals surface area contributed by atoms with E-state index in [9.17, 15) is 9.90 Å². The Labute approximate surface area is 70.2 Å². The van der Waals surface area contributed by atoms with Gasteiger partial charge < -0.3 is 19.7 Å². The van der Waals surface area contributed by atoms with Crippen LogP contribution in [0.4, 0.5) is 0 Å². The lowest BCUT2D eigenvalue weighted by Gasteiger charge is -2.19. The van der Waals surface area contributed by atoms with E-state index in [0.717, 1.165) is 0 Å². The fourth-order valence-corrected chi connectivity index (χ4v) is 0.645. The van der Waals surface area contributed by atoms with Crippen LogP contribution >= 0.6 is 0 Å². The van der Waals surface area contributed by atoms with Gasteiger partial charge >= 0.3 is 5.97 Å². The van der Waals surface area contributed by atoms with Crippen molar-refractivity contribution < 1.29 is 24.5 Å². The molecule has 12 heavy (non-hydrogen) atoms. The highest BCUT2D eigenvalue weighted by molar-refractivity contribution is 5.86. The van der Waals surface area contributed by atoms with E-state index in [1.54, 1.807) is 0 Å². The SMILES string of the molecule is C=C(C(=O)O)C(O)C(OC)OC. The summed E-state index contributed by atoms with van der Waals surface area (Å²) in [5.74, 6) is -1.28. The standard InChI is InChI=1S/C7H12O5/c1-4(6(9)10)5(8)7(11-2)12-3/h5,7-8H,1H2,2-3H3,(H,9,10). The quantitative estimate of drug-likeness (QED) is 0.440. The van der Waals surface area contributed by atoms with Gasteiger partial charge in [0.25, 0.3) is 0 Å². The molecule has 70 valence electrons. The van der Waals surface area contributed by atoms with Crippen molar-refractivity contribution in [1.29, 1.82) is 0 Å². The molecular formula is C7H12O5. The highest BCUT2D eigenvalue weighted by atomic mass is 16.7. The molecule has 0 saturated heterocycles. The van der Waals surface area contributed by atoms with Gasteiger partial charge in [-0.05, 0) is 0 Å². The summed E-state index contributed by atoms with van der Waals surface area (Å²) in [6.45, 7) is 3.16. The Kier molecular flexibility index (Phi) is 4.50. The molecule has 0 aliphatic heterocycles. The van der Waals surface area contributed by atoms with Crippen molar-refractivity contribution in [2.75, 3.05) is 14.2 Å². The van der Waals surface area contributed by atoms with E-state index in [1.807, 2.05) is 0 Å². The van der Waals surface area contributed by atoms with Crippen molar-refractivity contribution in [3.8, 4) is 0 Å². The fraction of sp³-hybridized carbons (Fsp3) is 0.571. The summed E-state index contributed by atoms with van der Waals surface area (Å²) in [7, 11) is 2.60. The van der Waals surface area contributed by atoms with Gasteiger partial charge in [-0.2, -0.15) is 0 Å². The molecule has 0 fully saturated rings. The van der Waals surface area contributed by atoms with Crippen LogP contribution in [-0.4, -0.2) is 42.8 Å². The Hall–Kier alpha value is -0.910. The highest BCUT2D eigenvalue weighted by Gasteiger charge is 2.24. The monoisotopic (exact) mass is 176 g/mol. The first-order chi connectivity index (χ1) is 5.54. The molecule has 5 nitrogen and oxygen atoms in total. The van der Waals surface area contributed by atoms with Crippen LogP contribution in [0.3, 0.4) is 0 Å². The summed E-state index contributed by atoms with van der Waals surface area (Å²) in [4.78, 5) is 10.3. The zero-order valence-corrected chi connectivity index (χ0v) is 6.98. The van der Waals surface area contributed by atoms with Crippen LogP contribution < -0.4 is 0 Å². The molecule has 0 aromatic rings. The van der Waals surface area contributed by atoms with Crippen LogP contribution in [0.1, 0.15) is 0 Å². The molecule has 0 amide bonds. The number of aliphatic carboxylic acids is 1. The average Bonchev–Trinajstić information content (AvgIpc) is 2.05. The third-order valence-electron chi connectivity index (χ3n) is 1.35. The van der Waals surface area contributed by atoms with Gasteiger partial charge in [-0.3, -0.25) is 0 Å². The first-order valence-corrected chi connectivity index (χ1v) is 3.20. The molecule has 0 aromatic carbocycles. The van der Waals surface area contributed by atoms with Crippen molar-refractivity contribution in [2.45, 2.75) is 12.4 Å². The van der Waals surface area contributed by atoms with Gasteiger partial charge in [-0.15, -0.1) is 0 Å². The van der Waals surface area contributed by atoms with Crippen LogP contribution in [0.25, 0.3) is 0 Å². The predicted molar refractivity (Wildman–Crippen MR) is 40.6 cm³/mol. The third kappa shape index (κ3) is 2.61. The van der Waals surface area contributed by atoms with E-state index in [1.165, 1.54) is 14.2 Å². The topological polar surface area (TPSA) is 76.0 Å². The number of hydrogen-bond acceptors (Lipinski definition) is 4. The van der Waals surface area contributed by atoms with Gasteiger partial charge in [0.05, 0.1) is 5.57 Å². The zero-order chi connectivity index (χ0) is 9.72. The molecule has 0 aliphatic carbocycles. The van der Waals surface area contributed by atoms with E-state index < -0.39 is 18.4 Å². The molecule has 0 aliphatic rings. The number of hydrogen-bond donors (Lipinski definition) is 2. The van der Waals surface area contributed by atoms with Crippen molar-refractivity contribution in [3.05, 3.63) is 12.2 Å². The van der Waals surface area contributed by atoms with Gasteiger partial charge in [0.15, 0.2) is 6.29 Å². The lowest BCUT2D eigenvalue weighted by atomic mass is 10.1. The summed E-state index contributed by atoms with van der Waals surface area (Å²) in [5.41, 5.74) is -0.358. The first kappa shape index (κ1) is 11.1. The minimum Gasteiger partial charge on any atom is -0.478 e. The molecule has 1 atom stereocenters. The van der Waals surface area contributed by atoms with E-state index in [2.05, 4.69) is 16.1 Å². The van der Waals surface area contributed by atoms with Crippen LogP contribution in [0.15, 0.2) is 12.2 Å². The second-order valence-corrected chi connectivity index (χ2v) is 2.12. The Morgan fingerprint density at radius 2 is 1.83 bits per heavy atom. The van der Waals surface area contributed by atoms with Crippen LogP contribution in [0, 0.1) is 0 Å². The average molecular weight is 176 g/mol. The smallest absolute Gasteiger partial charge is 0.333 e. The first-order valence-electron chi connectivity index (χ1n) is 3.20. The number of methoxy groups -OCH3 is 2. The van der Waals surface area contributed by atoms with Gasteiger partial charge in [0.1, 0.15) is 6.10 Å². The predicted octanol–water partition coefficient (Wildman–Crippen LogP) is -0.393. The van der Waals surface area contributed by atoms with Gasteiger partial charge in [-0.1, -0.05) is 6.58 Å². The summed E-state index contributed by atoms with van der Waals surface area (Å²) >= 11 is 0. The fourth-order valence-electron chi connectivity index (χ4n) is 0.645. The molecule has 0 aromatic heterocycles. The third-order valence-corrected chi connectivity index (χ3v) is 1.35. The van der Waals surface area contributed by atoms with Gasteiger partial charge in [-0.25, -0.2) is 4.79 Å². The van der Waals surface area contributed by atoms with E-state index in [-0.39, 0.29) is 5.57 Å². The summed E-state index contributed by atoms with van der Waals surface area (Å²) in [6.07, 6.45) is -2.34. The number of carbonyl (C=O) groups is 1. The molecule has 5 heteroatoms. The van der Waals surface area contributed by atoms with E-state index in [0.29, 0.717) is 0 Å². The maximum absolute atomic E-state index is 10.3. The lowest BCUT2D eigenvalue weighted by molar-refractivity contribution is -0.159. The van der Waals surface area contributed by atoms with Crippen molar-refractivity contribution in [3.63, 3.8) is 0 Å². The molecule has 0 spiro atoms. The van der Waals surface area contributed by atoms with E-state index in [4.69, 9.17) is 5.11 Å². The molecule has 0 saturated carbocycles. The number of rotatable bonds is 5. The Balaban J connectivity index is 4.25. The van der Waals surface area contributed by atoms with Crippen molar-refractivity contribution >= 4 is 5.97 Å². The lowest BCUT2D eigenvalue weighted by Crippen LogP contribution is -2.33. The molecule has 0 heterocycles. The molecule has 0 radical (unpaired) electrons. The molecule has 1 unspecified atom stereocenters. The van der Waals surface area contributed by atoms with E-state index >= 15 is 0 Å². The second kappa shape index (κ2) is 4.87. The van der Waals surface area contributed by atoms with Crippen molar-refractivity contribution in [2.24, 2.45) is 0 Å². The summed E-state index contributed by atoms with van der Waals surface area (Å²) < 4.78 is 9.27. The Morgan fingerprint density at radius 1 is 1.42 bits per heavy atom. The van der Waals surface area contributed by atoms with Crippen molar-refractivity contribution in [1.82, 2.24) is 0 Å². The minimum atomic E-state index is -1.35. The summed E-state index contributed by atoms with van der Waals surface area (Å²) in [5, 5.41) is 17.6. The van der Waals surface area contributed by atoms with Gasteiger partial charge in [0.2, 0.25) is 0 Å². The Morgan fingerprint density at radius 3 is 2.08 bits per heavy atom. The highest BCUT2D eigenvalue weighted by Crippen LogP contribution is 2.08. The summed E-state index contributed by atoms with van der Waals surface area (Å²) in [6, 6.07) is 0. The number of ether oxygens (including phenoxy) is 2. The van der Waals surface area contributed by atoms with Gasteiger partial charge in [0, 0.05) is 14.2 Å². The maximum Gasteiger partial charge on any atom is 0.333 e. The molecular weight excluding hydrogens is 164 g/mol. The number of aliphatic hydroxyl groups excluding tert-OH is 1. The normalized spacial score (nSPS) is 13.0.